The molecule has 2 aromatic carbocycles. The van der Waals surface area contributed by atoms with Crippen LogP contribution in [0.3, 0.4) is 0 Å². The van der Waals surface area contributed by atoms with Crippen LogP contribution in [0.4, 0.5) is 23.0 Å². The van der Waals surface area contributed by atoms with Gasteiger partial charge in [0, 0.05) is 61.9 Å². The van der Waals surface area contributed by atoms with Crippen LogP contribution < -0.4 is 31.7 Å². The summed E-state index contributed by atoms with van der Waals surface area (Å²) in [5.74, 6) is -1.12. The number of amides is 4. The van der Waals surface area contributed by atoms with E-state index in [0.717, 1.165) is 85.8 Å². The predicted octanol–water partition coefficient (Wildman–Crippen LogP) is 5.08. The Bertz CT molecular complexity index is 2820. The Balaban J connectivity index is 0.695. The number of fused-ring (bicyclic) bond motifs is 3. The molecule has 0 bridgehead atoms. The van der Waals surface area contributed by atoms with E-state index in [-0.39, 0.29) is 30.9 Å². The number of imide groups is 2. The minimum absolute atomic E-state index is 0.0939. The molecule has 342 valence electrons. The van der Waals surface area contributed by atoms with Gasteiger partial charge in [0.05, 0.1) is 23.4 Å². The van der Waals surface area contributed by atoms with Gasteiger partial charge in [-0.25, -0.2) is 19.3 Å². The van der Waals surface area contributed by atoms with Gasteiger partial charge in [-0.05, 0) is 124 Å². The van der Waals surface area contributed by atoms with Gasteiger partial charge in [-0.2, -0.15) is 4.98 Å². The molecule has 2 saturated heterocycles. The molecule has 1 spiro atoms. The van der Waals surface area contributed by atoms with E-state index < -0.39 is 29.4 Å². The lowest BCUT2D eigenvalue weighted by atomic mass is 9.67. The fourth-order valence-electron chi connectivity index (χ4n) is 10.7. The molecule has 1 unspecified atom stereocenters. The fraction of sp³-hybridized carbons (Fsp3) is 0.429. The number of allylic oxidation sites excluding steroid dienone is 1. The maximum Gasteiger partial charge on any atom is 0.278 e. The Morgan fingerprint density at radius 3 is 2.36 bits per heavy atom. The van der Waals surface area contributed by atoms with Crippen molar-refractivity contribution in [2.45, 2.75) is 102 Å². The number of aromatic nitrogens is 5. The van der Waals surface area contributed by atoms with Crippen molar-refractivity contribution in [2.75, 3.05) is 41.7 Å². The molecule has 2 atom stereocenters. The van der Waals surface area contributed by atoms with Crippen molar-refractivity contribution in [3.05, 3.63) is 106 Å². The van der Waals surface area contributed by atoms with E-state index in [4.69, 9.17) is 9.97 Å². The second kappa shape index (κ2) is 17.3. The number of rotatable bonds is 13. The first-order chi connectivity index (χ1) is 32.0. The van der Waals surface area contributed by atoms with Crippen molar-refractivity contribution < 1.29 is 24.3 Å². The van der Waals surface area contributed by atoms with Gasteiger partial charge in [-0.1, -0.05) is 19.1 Å². The molecule has 3 aromatic heterocycles. The summed E-state index contributed by atoms with van der Waals surface area (Å²) >= 11 is 0. The normalized spacial score (nSPS) is 21.6. The molecule has 17 nitrogen and oxygen atoms in total. The number of carbonyl (C=O) groups is 4. The van der Waals surface area contributed by atoms with E-state index in [1.807, 2.05) is 49.4 Å². The summed E-state index contributed by atoms with van der Waals surface area (Å²) in [6.45, 7) is 9.41. The predicted molar refractivity (Wildman–Crippen MR) is 249 cm³/mol. The highest BCUT2D eigenvalue weighted by Crippen LogP contribution is 2.46. The Kier molecular flexibility index (Phi) is 11.3. The fourth-order valence-corrected chi connectivity index (χ4v) is 10.7. The highest BCUT2D eigenvalue weighted by Gasteiger charge is 2.45. The van der Waals surface area contributed by atoms with E-state index in [0.29, 0.717) is 63.9 Å². The molecule has 10 rings (SSSR count). The zero-order valence-electron chi connectivity index (χ0n) is 37.1. The number of aryl methyl sites for hydroxylation is 1. The van der Waals surface area contributed by atoms with Gasteiger partial charge in [0.2, 0.25) is 17.8 Å². The highest BCUT2D eigenvalue weighted by atomic mass is 16.3. The van der Waals surface area contributed by atoms with E-state index in [9.17, 15) is 29.1 Å². The van der Waals surface area contributed by atoms with Crippen LogP contribution in [0.25, 0.3) is 16.9 Å². The molecular formula is C49H55N11O6. The van der Waals surface area contributed by atoms with Gasteiger partial charge in [-0.15, -0.1) is 6.58 Å². The zero-order valence-corrected chi connectivity index (χ0v) is 37.1. The third-order valence-electron chi connectivity index (χ3n) is 14.7. The lowest BCUT2D eigenvalue weighted by Gasteiger charge is -2.46. The Morgan fingerprint density at radius 1 is 0.864 bits per heavy atom. The molecule has 5 aliphatic rings. The van der Waals surface area contributed by atoms with E-state index >= 15 is 0 Å². The van der Waals surface area contributed by atoms with Crippen molar-refractivity contribution in [3.63, 3.8) is 0 Å². The quantitative estimate of drug-likeness (QED) is 0.0595. The number of piperidine rings is 2. The molecule has 1 saturated carbocycles. The summed E-state index contributed by atoms with van der Waals surface area (Å²) in [6, 6.07) is 16.7. The molecule has 66 heavy (non-hydrogen) atoms. The zero-order chi connectivity index (χ0) is 45.7. The summed E-state index contributed by atoms with van der Waals surface area (Å²) in [5, 5.41) is 24.4. The monoisotopic (exact) mass is 893 g/mol. The van der Waals surface area contributed by atoms with Crippen molar-refractivity contribution in [2.24, 2.45) is 5.41 Å². The van der Waals surface area contributed by atoms with Gasteiger partial charge in [0.15, 0.2) is 11.5 Å². The first-order valence-corrected chi connectivity index (χ1v) is 23.2. The topological polar surface area (TPSA) is 209 Å². The van der Waals surface area contributed by atoms with Crippen LogP contribution in [0.1, 0.15) is 103 Å². The van der Waals surface area contributed by atoms with Gasteiger partial charge in [0.1, 0.15) is 17.0 Å². The average Bonchev–Trinajstić information content (AvgIpc) is 3.90. The third-order valence-corrected chi connectivity index (χ3v) is 14.7. The lowest BCUT2D eigenvalue weighted by Crippen LogP contribution is -2.54. The Labute approximate surface area is 381 Å². The first-order valence-electron chi connectivity index (χ1n) is 23.2. The number of hydrogen-bond donors (Lipinski definition) is 5. The Morgan fingerprint density at radius 2 is 1.62 bits per heavy atom. The summed E-state index contributed by atoms with van der Waals surface area (Å²) in [7, 11) is 0. The van der Waals surface area contributed by atoms with E-state index in [2.05, 4.69) is 37.7 Å². The van der Waals surface area contributed by atoms with Crippen molar-refractivity contribution >= 4 is 57.7 Å². The number of aliphatic hydroxyl groups is 1. The standard InChI is InChI=1S/C49H55N11O6/c1-3-25-58-44(63)37-29-52-47(56-42(37)60(58)39-13-5-30-15-20-49(66,4-2)41(30)54-39)53-33-8-6-31(7-9-33)50-23-24-51-32-16-18-48(19-17-32)21-26-57(27-22-48)34-10-11-35-36(28-34)46(65)59(45(35)64)38-12-14-40(61)55-43(38)62/h3,5-11,13,28-29,32,38,50-51,66H,1,4,12,14-27H2,2H3,(H,52,53,56)(H,55,61,62)/t38?,49-/m1/s1. The molecule has 0 radical (unpaired) electrons. The smallest absolute Gasteiger partial charge is 0.278 e. The van der Waals surface area contributed by atoms with Crippen molar-refractivity contribution in [1.29, 1.82) is 0 Å². The van der Waals surface area contributed by atoms with E-state index in [1.54, 1.807) is 22.9 Å². The Hall–Kier alpha value is -6.72. The van der Waals surface area contributed by atoms with Gasteiger partial charge in [-0.3, -0.25) is 34.2 Å². The minimum Gasteiger partial charge on any atom is -0.384 e. The van der Waals surface area contributed by atoms with Crippen LogP contribution in [0.5, 0.6) is 0 Å². The number of benzene rings is 2. The first kappa shape index (κ1) is 43.2. The van der Waals surface area contributed by atoms with Crippen LogP contribution in [0.15, 0.2) is 78.2 Å². The highest BCUT2D eigenvalue weighted by molar-refractivity contribution is 6.23. The molecule has 6 heterocycles. The number of nitrogens with zero attached hydrogens (tertiary/aromatic N) is 7. The molecule has 4 amide bonds. The maximum absolute atomic E-state index is 13.5. The summed E-state index contributed by atoms with van der Waals surface area (Å²) < 4.78 is 3.22. The number of nitrogens with one attached hydrogen (secondary N) is 4. The van der Waals surface area contributed by atoms with Crippen molar-refractivity contribution in [3.8, 4) is 5.82 Å². The molecule has 2 aliphatic carbocycles. The minimum atomic E-state index is -1.00. The summed E-state index contributed by atoms with van der Waals surface area (Å²) in [5.41, 5.74) is 4.44. The van der Waals surface area contributed by atoms with Crippen LogP contribution in [-0.2, 0) is 28.2 Å². The van der Waals surface area contributed by atoms with Crippen LogP contribution in [-0.4, -0.2) is 96.2 Å². The number of hydrogen-bond acceptors (Lipinski definition) is 13. The molecular weight excluding hydrogens is 839 g/mol. The number of anilines is 4. The maximum atomic E-state index is 13.5. The van der Waals surface area contributed by atoms with Gasteiger partial charge < -0.3 is 26.0 Å². The summed E-state index contributed by atoms with van der Waals surface area (Å²) in [6.07, 6.45) is 12.1. The average molecular weight is 894 g/mol. The second-order valence-corrected chi connectivity index (χ2v) is 18.5. The number of carbonyl (C=O) groups excluding carboxylic acids is 4. The van der Waals surface area contributed by atoms with Crippen LogP contribution in [0.2, 0.25) is 0 Å². The van der Waals surface area contributed by atoms with Gasteiger partial charge >= 0.3 is 0 Å². The van der Waals surface area contributed by atoms with E-state index in [1.165, 1.54) is 23.7 Å². The second-order valence-electron chi connectivity index (χ2n) is 18.5. The molecule has 5 aromatic rings. The molecule has 3 fully saturated rings. The third kappa shape index (κ3) is 7.82. The largest absolute Gasteiger partial charge is 0.384 e. The van der Waals surface area contributed by atoms with Crippen molar-refractivity contribution in [1.82, 2.24) is 39.8 Å². The summed E-state index contributed by atoms with van der Waals surface area (Å²) in [4.78, 5) is 81.7. The van der Waals surface area contributed by atoms with Crippen LogP contribution >= 0.6 is 0 Å². The SMILES string of the molecule is C=CCn1c(=O)c2cnc(Nc3ccc(NCCNC4CCC5(CC4)CCN(c4ccc6c(c4)C(=O)N(C4CCC(=O)NC4=O)C6=O)CC5)cc3)nc2n1-c1ccc2c(n1)[C@@](O)(CC)CC2. The van der Waals surface area contributed by atoms with Gasteiger partial charge in [0.25, 0.3) is 17.4 Å². The lowest BCUT2D eigenvalue weighted by molar-refractivity contribution is -0.136. The number of pyridine rings is 1. The molecule has 17 heteroatoms. The van der Waals surface area contributed by atoms with Crippen LogP contribution in [0, 0.1) is 5.41 Å². The molecule has 3 aliphatic heterocycles. The molecule has 5 N–H and O–H groups in total.